The summed E-state index contributed by atoms with van der Waals surface area (Å²) in [7, 11) is 0. The monoisotopic (exact) mass is 239 g/mol. The molecule has 0 spiro atoms. The van der Waals surface area contributed by atoms with Crippen LogP contribution in [0.25, 0.3) is 0 Å². The molecule has 0 fully saturated rings. The zero-order valence-electron chi connectivity index (χ0n) is 9.56. The van der Waals surface area contributed by atoms with Crippen LogP contribution in [0.3, 0.4) is 0 Å². The summed E-state index contributed by atoms with van der Waals surface area (Å²) in [5.41, 5.74) is 1.02. The molecule has 1 aromatic carbocycles. The molecular formula is C12H17NO4. The van der Waals surface area contributed by atoms with Gasteiger partial charge in [-0.05, 0) is 24.1 Å². The second kappa shape index (κ2) is 7.65. The Labute approximate surface area is 100 Å². The van der Waals surface area contributed by atoms with Gasteiger partial charge in [0.05, 0.1) is 6.61 Å². The van der Waals surface area contributed by atoms with E-state index >= 15 is 0 Å². The van der Waals surface area contributed by atoms with Crippen LogP contribution in [0, 0.1) is 0 Å². The molecule has 1 amide bonds. The number of aliphatic hydroxyl groups is 2. The standard InChI is InChI=1S/C12H17NO4/c14-7-5-10-1-3-11(4-2-10)17-9-12(16)13-6-8-15/h1-4,14-15H,5-9H2,(H,13,16). The Morgan fingerprint density at radius 1 is 1.18 bits per heavy atom. The van der Waals surface area contributed by atoms with Crippen LogP contribution in [0.15, 0.2) is 24.3 Å². The van der Waals surface area contributed by atoms with E-state index in [-0.39, 0.29) is 32.3 Å². The van der Waals surface area contributed by atoms with Crippen molar-refractivity contribution in [1.82, 2.24) is 5.32 Å². The van der Waals surface area contributed by atoms with E-state index in [1.54, 1.807) is 12.1 Å². The average Bonchev–Trinajstić information content (AvgIpc) is 2.36. The number of hydrogen-bond donors (Lipinski definition) is 3. The highest BCUT2D eigenvalue weighted by Crippen LogP contribution is 2.12. The zero-order valence-corrected chi connectivity index (χ0v) is 9.56. The SMILES string of the molecule is O=C(COc1ccc(CCO)cc1)NCCO. The van der Waals surface area contributed by atoms with Crippen LogP contribution in [0.4, 0.5) is 0 Å². The van der Waals surface area contributed by atoms with Gasteiger partial charge in [0.25, 0.3) is 5.91 Å². The van der Waals surface area contributed by atoms with Crippen molar-refractivity contribution in [1.29, 1.82) is 0 Å². The van der Waals surface area contributed by atoms with E-state index in [1.807, 2.05) is 12.1 Å². The Balaban J connectivity index is 2.34. The number of amides is 1. The van der Waals surface area contributed by atoms with Crippen LogP contribution in [-0.2, 0) is 11.2 Å². The number of aliphatic hydroxyl groups excluding tert-OH is 2. The predicted octanol–water partition coefficient (Wildman–Crippen LogP) is -0.291. The molecule has 5 nitrogen and oxygen atoms in total. The van der Waals surface area contributed by atoms with Crippen LogP contribution >= 0.6 is 0 Å². The second-order valence-corrected chi connectivity index (χ2v) is 3.48. The van der Waals surface area contributed by atoms with Gasteiger partial charge >= 0.3 is 0 Å². The molecule has 0 saturated carbocycles. The summed E-state index contributed by atoms with van der Waals surface area (Å²) in [6.45, 7) is 0.197. The lowest BCUT2D eigenvalue weighted by Gasteiger charge is -2.07. The minimum atomic E-state index is -0.265. The number of carbonyl (C=O) groups excluding carboxylic acids is 1. The molecule has 0 radical (unpaired) electrons. The van der Waals surface area contributed by atoms with Crippen molar-refractivity contribution in [2.24, 2.45) is 0 Å². The largest absolute Gasteiger partial charge is 0.484 e. The normalized spacial score (nSPS) is 10.0. The number of benzene rings is 1. The van der Waals surface area contributed by atoms with E-state index < -0.39 is 0 Å². The van der Waals surface area contributed by atoms with Crippen molar-refractivity contribution in [2.75, 3.05) is 26.4 Å². The molecule has 5 heteroatoms. The predicted molar refractivity (Wildman–Crippen MR) is 62.8 cm³/mol. The third-order valence-electron chi connectivity index (χ3n) is 2.13. The van der Waals surface area contributed by atoms with Gasteiger partial charge in [-0.25, -0.2) is 0 Å². The van der Waals surface area contributed by atoms with Crippen LogP contribution < -0.4 is 10.1 Å². The molecule has 1 rings (SSSR count). The maximum atomic E-state index is 11.2. The van der Waals surface area contributed by atoms with E-state index in [4.69, 9.17) is 14.9 Å². The van der Waals surface area contributed by atoms with Crippen LogP contribution in [0.5, 0.6) is 5.75 Å². The molecule has 0 bridgehead atoms. The highest BCUT2D eigenvalue weighted by atomic mass is 16.5. The van der Waals surface area contributed by atoms with Crippen LogP contribution in [-0.4, -0.2) is 42.5 Å². The number of carbonyl (C=O) groups is 1. The van der Waals surface area contributed by atoms with E-state index in [2.05, 4.69) is 5.32 Å². The molecule has 0 saturated heterocycles. The van der Waals surface area contributed by atoms with Gasteiger partial charge in [-0.15, -0.1) is 0 Å². The molecule has 0 heterocycles. The zero-order chi connectivity index (χ0) is 12.5. The van der Waals surface area contributed by atoms with Crippen molar-refractivity contribution in [2.45, 2.75) is 6.42 Å². The fraction of sp³-hybridized carbons (Fsp3) is 0.417. The molecule has 0 unspecified atom stereocenters. The lowest BCUT2D eigenvalue weighted by Crippen LogP contribution is -2.31. The summed E-state index contributed by atoms with van der Waals surface area (Å²) in [4.78, 5) is 11.2. The van der Waals surface area contributed by atoms with Gasteiger partial charge in [0.15, 0.2) is 6.61 Å². The molecule has 0 atom stereocenters. The van der Waals surface area contributed by atoms with Crippen molar-refractivity contribution < 1.29 is 19.7 Å². The van der Waals surface area contributed by atoms with E-state index in [1.165, 1.54) is 0 Å². The molecule has 3 N–H and O–H groups in total. The fourth-order valence-electron chi connectivity index (χ4n) is 1.28. The average molecular weight is 239 g/mol. The van der Waals surface area contributed by atoms with E-state index in [0.717, 1.165) is 5.56 Å². The molecule has 17 heavy (non-hydrogen) atoms. The van der Waals surface area contributed by atoms with Gasteiger partial charge < -0.3 is 20.3 Å². The number of ether oxygens (including phenoxy) is 1. The third-order valence-corrected chi connectivity index (χ3v) is 2.13. The number of rotatable bonds is 7. The Bertz CT molecular complexity index is 337. The first-order valence-electron chi connectivity index (χ1n) is 5.46. The second-order valence-electron chi connectivity index (χ2n) is 3.48. The molecule has 1 aromatic rings. The smallest absolute Gasteiger partial charge is 0.258 e. The highest BCUT2D eigenvalue weighted by Gasteiger charge is 2.01. The lowest BCUT2D eigenvalue weighted by atomic mass is 10.1. The molecule has 94 valence electrons. The first-order valence-corrected chi connectivity index (χ1v) is 5.46. The molecule has 0 aliphatic heterocycles. The Morgan fingerprint density at radius 2 is 1.88 bits per heavy atom. The number of hydrogen-bond acceptors (Lipinski definition) is 4. The maximum Gasteiger partial charge on any atom is 0.258 e. The van der Waals surface area contributed by atoms with Gasteiger partial charge in [0.2, 0.25) is 0 Å². The summed E-state index contributed by atoms with van der Waals surface area (Å²) < 4.78 is 5.24. The first-order chi connectivity index (χ1) is 8.26. The number of nitrogens with one attached hydrogen (secondary N) is 1. The van der Waals surface area contributed by atoms with Crippen LogP contribution in [0.1, 0.15) is 5.56 Å². The highest BCUT2D eigenvalue weighted by molar-refractivity contribution is 5.77. The Kier molecular flexibility index (Phi) is 6.06. The summed E-state index contributed by atoms with van der Waals surface area (Å²) in [5.74, 6) is 0.337. The summed E-state index contributed by atoms with van der Waals surface area (Å²) >= 11 is 0. The van der Waals surface area contributed by atoms with Crippen LogP contribution in [0.2, 0.25) is 0 Å². The third kappa shape index (κ3) is 5.33. The molecular weight excluding hydrogens is 222 g/mol. The fourth-order valence-corrected chi connectivity index (χ4v) is 1.28. The van der Waals surface area contributed by atoms with E-state index in [9.17, 15) is 4.79 Å². The van der Waals surface area contributed by atoms with Crippen molar-refractivity contribution in [3.63, 3.8) is 0 Å². The minimum absolute atomic E-state index is 0.0701. The summed E-state index contributed by atoms with van der Waals surface area (Å²) in [6, 6.07) is 7.20. The molecule has 0 aliphatic carbocycles. The van der Waals surface area contributed by atoms with Crippen molar-refractivity contribution in [3.8, 4) is 5.75 Å². The quantitative estimate of drug-likeness (QED) is 0.611. The Morgan fingerprint density at radius 3 is 2.47 bits per heavy atom. The van der Waals surface area contributed by atoms with Gasteiger partial charge in [-0.3, -0.25) is 4.79 Å². The van der Waals surface area contributed by atoms with Crippen molar-refractivity contribution >= 4 is 5.91 Å². The summed E-state index contributed by atoms with van der Waals surface area (Å²) in [5, 5.41) is 19.7. The minimum Gasteiger partial charge on any atom is -0.484 e. The van der Waals surface area contributed by atoms with Gasteiger partial charge in [0, 0.05) is 13.2 Å². The summed E-state index contributed by atoms with van der Waals surface area (Å²) in [6.07, 6.45) is 0.608. The van der Waals surface area contributed by atoms with Crippen molar-refractivity contribution in [3.05, 3.63) is 29.8 Å². The lowest BCUT2D eigenvalue weighted by molar-refractivity contribution is -0.123. The first kappa shape index (κ1) is 13.5. The Hall–Kier alpha value is -1.59. The topological polar surface area (TPSA) is 78.8 Å². The van der Waals surface area contributed by atoms with Gasteiger partial charge in [0.1, 0.15) is 5.75 Å². The molecule has 0 aliphatic rings. The van der Waals surface area contributed by atoms with Gasteiger partial charge in [-0.1, -0.05) is 12.1 Å². The molecule has 0 aromatic heterocycles. The van der Waals surface area contributed by atoms with Gasteiger partial charge in [-0.2, -0.15) is 0 Å². The van der Waals surface area contributed by atoms with E-state index in [0.29, 0.717) is 12.2 Å². The maximum absolute atomic E-state index is 11.2.